The second kappa shape index (κ2) is 5.98. The monoisotopic (exact) mass is 282 g/mol. The molecule has 108 valence electrons. The molecule has 1 saturated carbocycles. The molecule has 0 spiro atoms. The van der Waals surface area contributed by atoms with Crippen molar-refractivity contribution in [2.75, 3.05) is 6.54 Å². The highest BCUT2D eigenvalue weighted by Gasteiger charge is 2.29. The summed E-state index contributed by atoms with van der Waals surface area (Å²) >= 11 is 0. The summed E-state index contributed by atoms with van der Waals surface area (Å²) in [5.41, 5.74) is 0.464. The van der Waals surface area contributed by atoms with E-state index in [0.29, 0.717) is 5.56 Å². The fourth-order valence-electron chi connectivity index (χ4n) is 1.81. The van der Waals surface area contributed by atoms with Crippen molar-refractivity contribution in [2.24, 2.45) is 5.92 Å². The van der Waals surface area contributed by atoms with Crippen molar-refractivity contribution in [3.05, 3.63) is 35.4 Å². The van der Waals surface area contributed by atoms with E-state index in [1.807, 2.05) is 0 Å². The molecule has 0 saturated heterocycles. The van der Waals surface area contributed by atoms with Crippen LogP contribution in [0.3, 0.4) is 0 Å². The third-order valence-corrected chi connectivity index (χ3v) is 3.19. The predicted octanol–water partition coefficient (Wildman–Crippen LogP) is 1.67. The first-order chi connectivity index (χ1) is 9.47. The Labute approximate surface area is 115 Å². The Morgan fingerprint density at radius 1 is 1.30 bits per heavy atom. The molecule has 0 bridgehead atoms. The molecule has 1 fully saturated rings. The zero-order valence-electron chi connectivity index (χ0n) is 11.1. The van der Waals surface area contributed by atoms with Gasteiger partial charge in [0.2, 0.25) is 11.8 Å². The van der Waals surface area contributed by atoms with Crippen molar-refractivity contribution in [2.45, 2.75) is 25.8 Å². The van der Waals surface area contributed by atoms with Crippen LogP contribution in [0.15, 0.2) is 18.2 Å². The van der Waals surface area contributed by atoms with Gasteiger partial charge in [-0.15, -0.1) is 0 Å². The summed E-state index contributed by atoms with van der Waals surface area (Å²) in [5.74, 6) is -2.31. The summed E-state index contributed by atoms with van der Waals surface area (Å²) in [7, 11) is 0. The standard InChI is InChI=1S/C14H16F2N2O2/c1-8(10-4-5-11(15)12(16)6-10)18-13(19)7-17-14(20)9-2-3-9/h4-6,8-9H,2-3,7H2,1H3,(H,17,20)(H,18,19)/t8-/m1/s1. The average molecular weight is 282 g/mol. The molecule has 20 heavy (non-hydrogen) atoms. The Morgan fingerprint density at radius 2 is 2.00 bits per heavy atom. The number of halogens is 2. The minimum atomic E-state index is -0.953. The molecule has 1 aromatic rings. The summed E-state index contributed by atoms with van der Waals surface area (Å²) in [6.07, 6.45) is 1.75. The Bertz CT molecular complexity index is 530. The number of hydrogen-bond acceptors (Lipinski definition) is 2. The van der Waals surface area contributed by atoms with Gasteiger partial charge in [-0.25, -0.2) is 8.78 Å². The van der Waals surface area contributed by atoms with Crippen LogP contribution < -0.4 is 10.6 Å². The van der Waals surface area contributed by atoms with Gasteiger partial charge in [-0.05, 0) is 37.5 Å². The second-order valence-electron chi connectivity index (χ2n) is 4.95. The quantitative estimate of drug-likeness (QED) is 0.863. The van der Waals surface area contributed by atoms with Gasteiger partial charge in [0.05, 0.1) is 12.6 Å². The molecule has 0 aromatic heterocycles. The summed E-state index contributed by atoms with van der Waals surface area (Å²) in [6.45, 7) is 1.55. The first kappa shape index (κ1) is 14.4. The number of hydrogen-bond donors (Lipinski definition) is 2. The van der Waals surface area contributed by atoms with Crippen LogP contribution in [0, 0.1) is 17.6 Å². The predicted molar refractivity (Wildman–Crippen MR) is 68.6 cm³/mol. The average Bonchev–Trinajstić information content (AvgIpc) is 3.23. The number of benzene rings is 1. The van der Waals surface area contributed by atoms with Crippen LogP contribution in [0.4, 0.5) is 8.78 Å². The van der Waals surface area contributed by atoms with Crippen molar-refractivity contribution in [1.82, 2.24) is 10.6 Å². The number of nitrogens with one attached hydrogen (secondary N) is 2. The maximum Gasteiger partial charge on any atom is 0.239 e. The SMILES string of the molecule is C[C@@H](NC(=O)CNC(=O)C1CC1)c1ccc(F)c(F)c1. The molecule has 2 rings (SSSR count). The minimum Gasteiger partial charge on any atom is -0.348 e. The number of rotatable bonds is 5. The first-order valence-corrected chi connectivity index (χ1v) is 6.49. The smallest absolute Gasteiger partial charge is 0.239 e. The highest BCUT2D eigenvalue weighted by molar-refractivity contribution is 5.87. The fraction of sp³-hybridized carbons (Fsp3) is 0.429. The second-order valence-corrected chi connectivity index (χ2v) is 4.95. The van der Waals surface area contributed by atoms with E-state index in [4.69, 9.17) is 0 Å². The van der Waals surface area contributed by atoms with Crippen molar-refractivity contribution < 1.29 is 18.4 Å². The van der Waals surface area contributed by atoms with E-state index in [1.165, 1.54) is 6.07 Å². The molecule has 1 aromatic carbocycles. The highest BCUT2D eigenvalue weighted by atomic mass is 19.2. The molecule has 0 aliphatic heterocycles. The van der Waals surface area contributed by atoms with Gasteiger partial charge < -0.3 is 10.6 Å². The van der Waals surface area contributed by atoms with Crippen molar-refractivity contribution in [3.8, 4) is 0 Å². The highest BCUT2D eigenvalue weighted by Crippen LogP contribution is 2.28. The first-order valence-electron chi connectivity index (χ1n) is 6.49. The third-order valence-electron chi connectivity index (χ3n) is 3.19. The lowest BCUT2D eigenvalue weighted by molar-refractivity contribution is -0.127. The molecular formula is C14H16F2N2O2. The Balaban J connectivity index is 1.83. The van der Waals surface area contributed by atoms with Gasteiger partial charge in [0.25, 0.3) is 0 Å². The molecule has 6 heteroatoms. The van der Waals surface area contributed by atoms with Gasteiger partial charge >= 0.3 is 0 Å². The molecule has 1 aliphatic carbocycles. The molecule has 0 unspecified atom stereocenters. The fourth-order valence-corrected chi connectivity index (χ4v) is 1.81. The molecule has 1 aliphatic rings. The van der Waals surface area contributed by atoms with Crippen LogP contribution in [-0.4, -0.2) is 18.4 Å². The lowest BCUT2D eigenvalue weighted by Crippen LogP contribution is -2.38. The lowest BCUT2D eigenvalue weighted by atomic mass is 10.1. The summed E-state index contributed by atoms with van der Waals surface area (Å²) in [6, 6.07) is 3.01. The van der Waals surface area contributed by atoms with Crippen LogP contribution in [0.25, 0.3) is 0 Å². The van der Waals surface area contributed by atoms with Gasteiger partial charge in [-0.1, -0.05) is 6.07 Å². The van der Waals surface area contributed by atoms with E-state index >= 15 is 0 Å². The van der Waals surface area contributed by atoms with E-state index in [9.17, 15) is 18.4 Å². The largest absolute Gasteiger partial charge is 0.348 e. The molecule has 2 N–H and O–H groups in total. The summed E-state index contributed by atoms with van der Waals surface area (Å²) < 4.78 is 25.9. The van der Waals surface area contributed by atoms with Crippen LogP contribution >= 0.6 is 0 Å². The molecule has 1 atom stereocenters. The van der Waals surface area contributed by atoms with Gasteiger partial charge in [0.15, 0.2) is 11.6 Å². The molecule has 4 nitrogen and oxygen atoms in total. The normalized spacial score (nSPS) is 15.6. The number of amides is 2. The molecule has 2 amide bonds. The summed E-state index contributed by atoms with van der Waals surface area (Å²) in [4.78, 5) is 23.0. The van der Waals surface area contributed by atoms with Crippen LogP contribution in [0.2, 0.25) is 0 Å². The maximum absolute atomic E-state index is 13.1. The molecular weight excluding hydrogens is 266 g/mol. The molecule has 0 heterocycles. The minimum absolute atomic E-state index is 0.0476. The number of carbonyl (C=O) groups is 2. The Morgan fingerprint density at radius 3 is 2.60 bits per heavy atom. The Kier molecular flexibility index (Phi) is 4.32. The lowest BCUT2D eigenvalue weighted by Gasteiger charge is -2.15. The third kappa shape index (κ3) is 3.76. The van der Waals surface area contributed by atoms with Gasteiger partial charge in [0.1, 0.15) is 0 Å². The van der Waals surface area contributed by atoms with Crippen molar-refractivity contribution in [3.63, 3.8) is 0 Å². The van der Waals surface area contributed by atoms with E-state index in [-0.39, 0.29) is 24.3 Å². The maximum atomic E-state index is 13.1. The van der Waals surface area contributed by atoms with E-state index in [1.54, 1.807) is 6.92 Å². The van der Waals surface area contributed by atoms with Gasteiger partial charge in [0, 0.05) is 5.92 Å². The molecule has 0 radical (unpaired) electrons. The van der Waals surface area contributed by atoms with Gasteiger partial charge in [-0.3, -0.25) is 9.59 Å². The number of carbonyl (C=O) groups excluding carboxylic acids is 2. The van der Waals surface area contributed by atoms with Crippen molar-refractivity contribution in [1.29, 1.82) is 0 Å². The van der Waals surface area contributed by atoms with E-state index < -0.39 is 17.7 Å². The van der Waals surface area contributed by atoms with Gasteiger partial charge in [-0.2, -0.15) is 0 Å². The zero-order chi connectivity index (χ0) is 14.7. The van der Waals surface area contributed by atoms with Crippen LogP contribution in [-0.2, 0) is 9.59 Å². The zero-order valence-corrected chi connectivity index (χ0v) is 11.1. The van der Waals surface area contributed by atoms with Crippen LogP contribution in [0.5, 0.6) is 0 Å². The summed E-state index contributed by atoms with van der Waals surface area (Å²) in [5, 5.41) is 5.15. The van der Waals surface area contributed by atoms with Crippen LogP contribution in [0.1, 0.15) is 31.4 Å². The van der Waals surface area contributed by atoms with E-state index in [0.717, 1.165) is 25.0 Å². The Hall–Kier alpha value is -1.98. The topological polar surface area (TPSA) is 58.2 Å². The van der Waals surface area contributed by atoms with E-state index in [2.05, 4.69) is 10.6 Å². The van der Waals surface area contributed by atoms with Crippen molar-refractivity contribution >= 4 is 11.8 Å².